The van der Waals surface area contributed by atoms with Crippen LogP contribution < -0.4 is 5.32 Å². The van der Waals surface area contributed by atoms with Crippen molar-refractivity contribution in [3.63, 3.8) is 0 Å². The Morgan fingerprint density at radius 2 is 2.25 bits per heavy atom. The summed E-state index contributed by atoms with van der Waals surface area (Å²) >= 11 is 0. The molecule has 20 heavy (non-hydrogen) atoms. The van der Waals surface area contributed by atoms with E-state index in [-0.39, 0.29) is 0 Å². The molecule has 0 aromatic carbocycles. The van der Waals surface area contributed by atoms with Crippen molar-refractivity contribution in [2.24, 2.45) is 11.8 Å². The summed E-state index contributed by atoms with van der Waals surface area (Å²) in [6, 6.07) is 0. The Balaban J connectivity index is 1.64. The highest BCUT2D eigenvalue weighted by atomic mass is 16.2. The molecule has 1 N–H and O–H groups in total. The van der Waals surface area contributed by atoms with E-state index in [4.69, 9.17) is 0 Å². The normalized spacial score (nSPS) is 30.5. The van der Waals surface area contributed by atoms with Crippen LogP contribution in [-0.2, 0) is 4.79 Å². The number of hydrogen-bond acceptors (Lipinski definition) is 2. The Morgan fingerprint density at radius 1 is 1.30 bits per heavy atom. The Kier molecular flexibility index (Phi) is 4.36. The summed E-state index contributed by atoms with van der Waals surface area (Å²) in [5.41, 5.74) is 1.31. The minimum absolute atomic E-state index is 0.296. The monoisotopic (exact) mass is 272 g/mol. The van der Waals surface area contributed by atoms with Gasteiger partial charge in [0, 0.05) is 25.4 Å². The number of hydrogen-bond donors (Lipinski definition) is 1. The first-order chi connectivity index (χ1) is 9.83. The van der Waals surface area contributed by atoms with E-state index in [1.54, 1.807) is 0 Å². The van der Waals surface area contributed by atoms with E-state index in [0.29, 0.717) is 24.2 Å². The highest BCUT2D eigenvalue weighted by molar-refractivity contribution is 5.78. The number of nitrogens with one attached hydrogen (secondary N) is 1. The molecule has 108 valence electrons. The molecule has 1 fully saturated rings. The first kappa shape index (κ1) is 13.6. The van der Waals surface area contributed by atoms with Crippen molar-refractivity contribution < 1.29 is 4.79 Å². The molecule has 0 saturated carbocycles. The number of carbonyl (C=O) groups excluding carboxylic acids is 1. The summed E-state index contributed by atoms with van der Waals surface area (Å²) in [6.45, 7) is 3.88. The van der Waals surface area contributed by atoms with Crippen molar-refractivity contribution in [3.05, 3.63) is 36.0 Å². The number of fused-ring (bicyclic) bond motifs is 1. The minimum atomic E-state index is 0.296. The first-order valence-electron chi connectivity index (χ1n) is 7.86. The van der Waals surface area contributed by atoms with Crippen molar-refractivity contribution in [3.8, 4) is 0 Å². The van der Waals surface area contributed by atoms with Gasteiger partial charge < -0.3 is 10.2 Å². The third-order valence-electron chi connectivity index (χ3n) is 4.59. The molecule has 0 spiro atoms. The second kappa shape index (κ2) is 6.40. The van der Waals surface area contributed by atoms with Crippen molar-refractivity contribution in [1.29, 1.82) is 0 Å². The van der Waals surface area contributed by atoms with E-state index >= 15 is 0 Å². The molecule has 3 aliphatic rings. The number of nitrogens with zero attached hydrogens (tertiary/aromatic N) is 1. The van der Waals surface area contributed by atoms with Crippen LogP contribution in [0.3, 0.4) is 0 Å². The van der Waals surface area contributed by atoms with Gasteiger partial charge in [-0.1, -0.05) is 36.8 Å². The molecule has 3 heteroatoms. The SMILES string of the molecule is O=C1CC2C=CC=CC2=CCN1CC1CCCCNC1. The van der Waals surface area contributed by atoms with Gasteiger partial charge in [-0.2, -0.15) is 0 Å². The summed E-state index contributed by atoms with van der Waals surface area (Å²) < 4.78 is 0. The van der Waals surface area contributed by atoms with Gasteiger partial charge in [-0.15, -0.1) is 0 Å². The van der Waals surface area contributed by atoms with Crippen LogP contribution in [-0.4, -0.2) is 37.0 Å². The number of allylic oxidation sites excluding steroid dienone is 5. The van der Waals surface area contributed by atoms with Crippen molar-refractivity contribution in [2.75, 3.05) is 26.2 Å². The molecule has 0 radical (unpaired) electrons. The van der Waals surface area contributed by atoms with Crippen LogP contribution in [0.25, 0.3) is 0 Å². The number of rotatable bonds is 2. The lowest BCUT2D eigenvalue weighted by atomic mass is 9.92. The zero-order chi connectivity index (χ0) is 13.8. The molecular weight excluding hydrogens is 248 g/mol. The van der Waals surface area contributed by atoms with Gasteiger partial charge in [0.15, 0.2) is 0 Å². The van der Waals surface area contributed by atoms with Crippen LogP contribution in [0.15, 0.2) is 36.0 Å². The fourth-order valence-corrected chi connectivity index (χ4v) is 3.37. The molecular formula is C17H24N2O. The third-order valence-corrected chi connectivity index (χ3v) is 4.59. The highest BCUT2D eigenvalue weighted by Gasteiger charge is 2.25. The predicted molar refractivity (Wildman–Crippen MR) is 81.3 cm³/mol. The standard InChI is InChI=1S/C17H24N2O/c20-17-11-16-7-2-1-6-15(16)8-10-19(17)13-14-5-3-4-9-18-12-14/h1-2,6-8,14,16,18H,3-5,9-13H2. The maximum absolute atomic E-state index is 12.4. The number of amides is 1. The molecule has 2 aliphatic heterocycles. The van der Waals surface area contributed by atoms with Gasteiger partial charge in [0.2, 0.25) is 5.91 Å². The second-order valence-corrected chi connectivity index (χ2v) is 6.12. The maximum Gasteiger partial charge on any atom is 0.223 e. The molecule has 3 nitrogen and oxygen atoms in total. The second-order valence-electron chi connectivity index (χ2n) is 6.12. The minimum Gasteiger partial charge on any atom is -0.339 e. The van der Waals surface area contributed by atoms with Gasteiger partial charge in [0.25, 0.3) is 0 Å². The van der Waals surface area contributed by atoms with Gasteiger partial charge in [-0.05, 0) is 37.4 Å². The molecule has 1 amide bonds. The van der Waals surface area contributed by atoms with E-state index in [1.807, 2.05) is 0 Å². The molecule has 0 aromatic rings. The maximum atomic E-state index is 12.4. The molecule has 1 aliphatic carbocycles. The van der Waals surface area contributed by atoms with Gasteiger partial charge in [-0.3, -0.25) is 4.79 Å². The van der Waals surface area contributed by atoms with Crippen molar-refractivity contribution in [2.45, 2.75) is 25.7 Å². The van der Waals surface area contributed by atoms with E-state index in [0.717, 1.165) is 26.2 Å². The molecule has 3 rings (SSSR count). The Morgan fingerprint density at radius 3 is 3.20 bits per heavy atom. The first-order valence-corrected chi connectivity index (χ1v) is 7.86. The predicted octanol–water partition coefficient (Wildman–Crippen LogP) is 2.28. The Labute approximate surface area is 121 Å². The van der Waals surface area contributed by atoms with E-state index < -0.39 is 0 Å². The molecule has 2 heterocycles. The van der Waals surface area contributed by atoms with Gasteiger partial charge in [0.1, 0.15) is 0 Å². The van der Waals surface area contributed by atoms with E-state index in [9.17, 15) is 4.79 Å². The van der Waals surface area contributed by atoms with Gasteiger partial charge in [-0.25, -0.2) is 0 Å². The fourth-order valence-electron chi connectivity index (χ4n) is 3.37. The molecule has 0 aromatic heterocycles. The van der Waals surface area contributed by atoms with Crippen LogP contribution in [0.4, 0.5) is 0 Å². The van der Waals surface area contributed by atoms with Crippen molar-refractivity contribution >= 4 is 5.91 Å². The van der Waals surface area contributed by atoms with Crippen LogP contribution in [0.1, 0.15) is 25.7 Å². The third kappa shape index (κ3) is 3.21. The smallest absolute Gasteiger partial charge is 0.223 e. The Hall–Kier alpha value is -1.35. The van der Waals surface area contributed by atoms with Crippen LogP contribution in [0.2, 0.25) is 0 Å². The lowest BCUT2D eigenvalue weighted by Gasteiger charge is -2.25. The quantitative estimate of drug-likeness (QED) is 0.836. The molecule has 1 saturated heterocycles. The molecule has 2 unspecified atom stereocenters. The average Bonchev–Trinajstić information content (AvgIpc) is 2.80. The summed E-state index contributed by atoms with van der Waals surface area (Å²) in [5, 5.41) is 3.49. The van der Waals surface area contributed by atoms with Crippen LogP contribution in [0, 0.1) is 11.8 Å². The largest absolute Gasteiger partial charge is 0.339 e. The fraction of sp³-hybridized carbons (Fsp3) is 0.588. The highest BCUT2D eigenvalue weighted by Crippen LogP contribution is 2.26. The average molecular weight is 272 g/mol. The van der Waals surface area contributed by atoms with E-state index in [2.05, 4.69) is 40.6 Å². The lowest BCUT2D eigenvalue weighted by molar-refractivity contribution is -0.131. The van der Waals surface area contributed by atoms with Crippen LogP contribution >= 0.6 is 0 Å². The molecule has 2 atom stereocenters. The summed E-state index contributed by atoms with van der Waals surface area (Å²) in [5.74, 6) is 1.22. The number of carbonyl (C=O) groups is 1. The van der Waals surface area contributed by atoms with Crippen molar-refractivity contribution in [1.82, 2.24) is 10.2 Å². The zero-order valence-electron chi connectivity index (χ0n) is 12.1. The lowest BCUT2D eigenvalue weighted by Crippen LogP contribution is -2.37. The van der Waals surface area contributed by atoms with Gasteiger partial charge in [0.05, 0.1) is 0 Å². The molecule has 0 bridgehead atoms. The zero-order valence-corrected chi connectivity index (χ0v) is 12.1. The topological polar surface area (TPSA) is 32.3 Å². The summed E-state index contributed by atoms with van der Waals surface area (Å²) in [4.78, 5) is 14.5. The van der Waals surface area contributed by atoms with Gasteiger partial charge >= 0.3 is 0 Å². The Bertz CT molecular complexity index is 442. The summed E-state index contributed by atoms with van der Waals surface area (Å²) in [7, 11) is 0. The van der Waals surface area contributed by atoms with E-state index in [1.165, 1.54) is 24.8 Å². The van der Waals surface area contributed by atoms with Crippen LogP contribution in [0.5, 0.6) is 0 Å². The summed E-state index contributed by atoms with van der Waals surface area (Å²) in [6.07, 6.45) is 15.1.